The van der Waals surface area contributed by atoms with Crippen LogP contribution in [0.1, 0.15) is 88.8 Å². The first-order valence-electron chi connectivity index (χ1n) is 29.6. The van der Waals surface area contributed by atoms with Crippen molar-refractivity contribution in [3.8, 4) is 16.8 Å². The second-order valence-electron chi connectivity index (χ2n) is 22.7. The van der Waals surface area contributed by atoms with E-state index in [2.05, 4.69) is 287 Å². The van der Waals surface area contributed by atoms with Gasteiger partial charge in [-0.2, -0.15) is 0 Å². The zero-order valence-corrected chi connectivity index (χ0v) is 46.4. The Bertz CT molecular complexity index is 4530. The van der Waals surface area contributed by atoms with E-state index in [1.54, 1.807) is 0 Å². The smallest absolute Gasteiger partial charge is 0.161 e. The van der Waals surface area contributed by atoms with Gasteiger partial charge in [0.1, 0.15) is 24.0 Å². The van der Waals surface area contributed by atoms with Crippen molar-refractivity contribution in [2.45, 2.75) is 55.9 Å². The van der Waals surface area contributed by atoms with Crippen molar-refractivity contribution in [2.75, 3.05) is 4.90 Å². The number of anilines is 2. The summed E-state index contributed by atoms with van der Waals surface area (Å²) in [5.41, 5.74) is 15.4. The molecule has 16 rings (SSSR count). The lowest BCUT2D eigenvalue weighted by molar-refractivity contribution is 0.615. The van der Waals surface area contributed by atoms with Gasteiger partial charge in [-0.15, -0.1) is 0 Å². The molecule has 0 amide bonds. The van der Waals surface area contributed by atoms with E-state index in [9.17, 15) is 0 Å². The molecule has 6 atom stereocenters. The largest absolute Gasteiger partial charge is 0.348 e. The fourth-order valence-electron chi connectivity index (χ4n) is 13.7. The van der Waals surface area contributed by atoms with Crippen LogP contribution in [0.5, 0.6) is 0 Å². The Morgan fingerprint density at radius 2 is 1.18 bits per heavy atom. The third kappa shape index (κ3) is 8.76. The number of aromatic nitrogens is 1. The molecule has 3 aliphatic heterocycles. The molecule has 0 saturated carbocycles. The van der Waals surface area contributed by atoms with Gasteiger partial charge in [0.25, 0.3) is 0 Å². The summed E-state index contributed by atoms with van der Waals surface area (Å²) in [5, 5.41) is 12.5. The SMILES string of the molecule is C1=CCC(C2=NC(c3cc(C4=NC(c5ccccc5-c5ccccc5)=NC(c5ccc(C6CC=CCC6)cc5)N4)ccc3-n3c4ccccc4c4ccc5c(c43)C3C=CC=CC3N5c3ccc4ccccc4c3)=NC(c3ccccc3)N2)C=C1. The average Bonchev–Trinajstić information content (AvgIpc) is 2.12. The maximum Gasteiger partial charge on any atom is 0.161 e. The van der Waals surface area contributed by atoms with E-state index in [1.165, 1.54) is 49.6 Å². The molecule has 84 heavy (non-hydrogen) atoms. The van der Waals surface area contributed by atoms with Crippen LogP contribution >= 0.6 is 0 Å². The van der Waals surface area contributed by atoms with Gasteiger partial charge < -0.3 is 20.1 Å². The fourth-order valence-corrected chi connectivity index (χ4v) is 13.7. The number of benzene rings is 9. The minimum Gasteiger partial charge on any atom is -0.348 e. The predicted octanol–water partition coefficient (Wildman–Crippen LogP) is 17.2. The molecular weight excluding hydrogens is 1020 g/mol. The first-order chi connectivity index (χ1) is 41.6. The van der Waals surface area contributed by atoms with E-state index in [4.69, 9.17) is 20.0 Å². The predicted molar refractivity (Wildman–Crippen MR) is 347 cm³/mol. The highest BCUT2D eigenvalue weighted by molar-refractivity contribution is 6.18. The quantitative estimate of drug-likeness (QED) is 0.134. The average molecular weight is 1090 g/mol. The van der Waals surface area contributed by atoms with Crippen LogP contribution in [-0.2, 0) is 0 Å². The van der Waals surface area contributed by atoms with E-state index >= 15 is 0 Å². The van der Waals surface area contributed by atoms with Gasteiger partial charge in [0.2, 0.25) is 0 Å². The van der Waals surface area contributed by atoms with Crippen molar-refractivity contribution in [3.05, 3.63) is 306 Å². The molecule has 8 nitrogen and oxygen atoms in total. The van der Waals surface area contributed by atoms with Crippen LogP contribution < -0.4 is 15.5 Å². The summed E-state index contributed by atoms with van der Waals surface area (Å²) < 4.78 is 2.52. The number of hydrogen-bond acceptors (Lipinski definition) is 7. The first-order valence-corrected chi connectivity index (χ1v) is 29.6. The summed E-state index contributed by atoms with van der Waals surface area (Å²) >= 11 is 0. The van der Waals surface area contributed by atoms with Crippen LogP contribution in [0.3, 0.4) is 0 Å². The molecule has 3 aliphatic carbocycles. The number of para-hydroxylation sites is 1. The second kappa shape index (κ2) is 21.0. The number of hydrogen-bond donors (Lipinski definition) is 2. The molecule has 6 unspecified atom stereocenters. The van der Waals surface area contributed by atoms with E-state index in [0.717, 1.165) is 87.5 Å². The van der Waals surface area contributed by atoms with Gasteiger partial charge in [0.15, 0.2) is 11.7 Å². The zero-order chi connectivity index (χ0) is 55.5. The minimum absolute atomic E-state index is 0.0357. The lowest BCUT2D eigenvalue weighted by Crippen LogP contribution is -2.37. The van der Waals surface area contributed by atoms with Gasteiger partial charge in [-0.3, -0.25) is 0 Å². The lowest BCUT2D eigenvalue weighted by atomic mass is 9.87. The van der Waals surface area contributed by atoms with Gasteiger partial charge in [0.05, 0.1) is 22.8 Å². The molecule has 8 heteroatoms. The molecule has 0 spiro atoms. The summed E-state index contributed by atoms with van der Waals surface area (Å²) in [5.74, 6) is 3.54. The molecule has 0 bridgehead atoms. The van der Waals surface area contributed by atoms with Crippen LogP contribution in [0, 0.1) is 5.92 Å². The second-order valence-corrected chi connectivity index (χ2v) is 22.7. The summed E-state index contributed by atoms with van der Waals surface area (Å²) in [4.78, 5) is 24.9. The number of allylic oxidation sites excluding steroid dienone is 7. The van der Waals surface area contributed by atoms with Crippen LogP contribution in [0.15, 0.2) is 287 Å². The van der Waals surface area contributed by atoms with Crippen LogP contribution in [0.2, 0.25) is 0 Å². The fraction of sp³-hybridized carbons (Fsp3) is 0.132. The number of nitrogens with zero attached hydrogens (tertiary/aromatic N) is 6. The topological polar surface area (TPSA) is 81.7 Å². The summed E-state index contributed by atoms with van der Waals surface area (Å²) in [7, 11) is 0. The molecular formula is C76H60N8. The molecule has 1 aromatic heterocycles. The van der Waals surface area contributed by atoms with Crippen LogP contribution in [0.25, 0.3) is 49.4 Å². The zero-order valence-electron chi connectivity index (χ0n) is 46.4. The lowest BCUT2D eigenvalue weighted by Gasteiger charge is -2.29. The molecule has 0 radical (unpaired) electrons. The van der Waals surface area contributed by atoms with Crippen molar-refractivity contribution in [1.29, 1.82) is 0 Å². The highest BCUT2D eigenvalue weighted by atomic mass is 15.2. The first kappa shape index (κ1) is 49.6. The third-order valence-electron chi connectivity index (χ3n) is 17.8. The monoisotopic (exact) mass is 1080 g/mol. The standard InChI is InChI=1S/C76H60N8/c1-5-21-49(22-6-1)51-37-39-55(40-38-51)73-78-74(82-75(79-73)62-33-16-15-31-59(62)52-24-7-2-8-25-52)57-42-45-67(64(48-57)76-80-71(53-26-9-3-10-27-53)77-72(81-76)54-28-11-4-12-29-54)84-65-35-19-17-32-60(65)61-44-46-68-69(70(61)84)63-34-18-20-36-66(63)83(68)58-43-41-50-23-13-14-30-56(50)47-58/h1-5,7-20,23-28,30-49,54,63,66,71,73H,6,21-22,29H2,(H,77,80,81)(H,78,79,82). The highest BCUT2D eigenvalue weighted by Gasteiger charge is 2.41. The maximum absolute atomic E-state index is 5.66. The molecule has 10 aromatic rings. The van der Waals surface area contributed by atoms with E-state index < -0.39 is 12.3 Å². The molecule has 404 valence electrons. The molecule has 0 saturated heterocycles. The molecule has 4 heterocycles. The molecule has 2 N–H and O–H groups in total. The Kier molecular flexibility index (Phi) is 12.4. The Hall–Kier alpha value is -10.2. The Morgan fingerprint density at radius 3 is 2.01 bits per heavy atom. The number of amidine groups is 4. The number of fused-ring (bicyclic) bond motifs is 8. The van der Waals surface area contributed by atoms with Gasteiger partial charge in [-0.05, 0) is 113 Å². The van der Waals surface area contributed by atoms with Crippen molar-refractivity contribution in [3.63, 3.8) is 0 Å². The molecule has 0 fully saturated rings. The number of nitrogens with one attached hydrogen (secondary N) is 2. The van der Waals surface area contributed by atoms with Crippen molar-refractivity contribution >= 4 is 67.3 Å². The van der Waals surface area contributed by atoms with Gasteiger partial charge >= 0.3 is 0 Å². The van der Waals surface area contributed by atoms with Crippen molar-refractivity contribution in [1.82, 2.24) is 15.2 Å². The molecule has 9 aromatic carbocycles. The van der Waals surface area contributed by atoms with Gasteiger partial charge in [0, 0.05) is 56.2 Å². The summed E-state index contributed by atoms with van der Waals surface area (Å²) in [6, 6.07) is 74.8. The summed E-state index contributed by atoms with van der Waals surface area (Å²) in [6.45, 7) is 0. The highest BCUT2D eigenvalue weighted by Crippen LogP contribution is 2.53. The third-order valence-corrected chi connectivity index (χ3v) is 17.8. The van der Waals surface area contributed by atoms with E-state index in [1.807, 2.05) is 0 Å². The Morgan fingerprint density at radius 1 is 0.464 bits per heavy atom. The number of aliphatic imine (C=N–C) groups is 4. The minimum atomic E-state index is -0.426. The number of rotatable bonds is 10. The van der Waals surface area contributed by atoms with Crippen LogP contribution in [0.4, 0.5) is 11.4 Å². The van der Waals surface area contributed by atoms with Crippen molar-refractivity contribution < 1.29 is 0 Å². The van der Waals surface area contributed by atoms with E-state index in [-0.39, 0.29) is 17.9 Å². The normalized spacial score (nSPS) is 21.4. The van der Waals surface area contributed by atoms with E-state index in [0.29, 0.717) is 17.6 Å². The van der Waals surface area contributed by atoms with Gasteiger partial charge in [-0.25, -0.2) is 20.0 Å². The maximum atomic E-state index is 5.66. The molecule has 6 aliphatic rings. The van der Waals surface area contributed by atoms with Gasteiger partial charge in [-0.1, -0.05) is 225 Å². The van der Waals surface area contributed by atoms with Crippen LogP contribution in [-0.4, -0.2) is 34.0 Å². The Labute approximate surface area is 489 Å². The Balaban J connectivity index is 0.924. The summed E-state index contributed by atoms with van der Waals surface area (Å²) in [6.07, 6.45) is 25.9. The van der Waals surface area contributed by atoms with Crippen molar-refractivity contribution in [2.24, 2.45) is 25.9 Å².